The fraction of sp³-hybridized carbons (Fsp3) is 0.500. The van der Waals surface area contributed by atoms with Crippen LogP contribution in [0.1, 0.15) is 24.3 Å². The molecule has 0 radical (unpaired) electrons. The first-order chi connectivity index (χ1) is 7.77. The molecule has 1 atom stereocenters. The molecule has 0 fully saturated rings. The van der Waals surface area contributed by atoms with Gasteiger partial charge in [-0.25, -0.2) is 0 Å². The third-order valence-corrected chi connectivity index (χ3v) is 3.39. The van der Waals surface area contributed by atoms with Crippen LogP contribution in [-0.2, 0) is 0 Å². The van der Waals surface area contributed by atoms with Crippen molar-refractivity contribution in [3.8, 4) is 5.75 Å². The highest BCUT2D eigenvalue weighted by Gasteiger charge is 2.27. The van der Waals surface area contributed by atoms with Crippen molar-refractivity contribution < 1.29 is 4.74 Å². The van der Waals surface area contributed by atoms with Crippen LogP contribution in [-0.4, -0.2) is 20.2 Å². The molecule has 3 nitrogen and oxygen atoms in total. The summed E-state index contributed by atoms with van der Waals surface area (Å²) in [5.74, 6) is 1.33. The second-order valence-corrected chi connectivity index (χ2v) is 4.45. The quantitative estimate of drug-likeness (QED) is 0.851. The SMILES string of the molecule is COc1ccc(Cl)c2c1NCC2CCCN. The summed E-state index contributed by atoms with van der Waals surface area (Å²) in [7, 11) is 1.68. The molecule has 1 unspecified atom stereocenters. The van der Waals surface area contributed by atoms with Gasteiger partial charge >= 0.3 is 0 Å². The standard InChI is InChI=1S/C12H17ClN2O/c1-16-10-5-4-9(13)11-8(3-2-6-14)7-15-12(10)11/h4-5,8,15H,2-3,6-7,14H2,1H3. The average molecular weight is 241 g/mol. The van der Waals surface area contributed by atoms with Crippen LogP contribution in [0.5, 0.6) is 5.75 Å². The van der Waals surface area contributed by atoms with Gasteiger partial charge in [0.05, 0.1) is 12.8 Å². The van der Waals surface area contributed by atoms with Crippen molar-refractivity contribution in [3.63, 3.8) is 0 Å². The Kier molecular flexibility index (Phi) is 3.56. The zero-order valence-corrected chi connectivity index (χ0v) is 10.2. The Labute approximate surface area is 101 Å². The molecule has 0 aliphatic carbocycles. The zero-order valence-electron chi connectivity index (χ0n) is 9.42. The van der Waals surface area contributed by atoms with E-state index in [-0.39, 0.29) is 0 Å². The Balaban J connectivity index is 2.30. The van der Waals surface area contributed by atoms with Crippen LogP contribution < -0.4 is 15.8 Å². The minimum atomic E-state index is 0.459. The van der Waals surface area contributed by atoms with Gasteiger partial charge in [-0.05, 0) is 31.5 Å². The van der Waals surface area contributed by atoms with Crippen molar-refractivity contribution >= 4 is 17.3 Å². The fourth-order valence-corrected chi connectivity index (χ4v) is 2.58. The van der Waals surface area contributed by atoms with Gasteiger partial charge in [0.2, 0.25) is 0 Å². The van der Waals surface area contributed by atoms with Crippen molar-refractivity contribution in [1.29, 1.82) is 0 Å². The van der Waals surface area contributed by atoms with Gasteiger partial charge in [-0.2, -0.15) is 0 Å². The van der Waals surface area contributed by atoms with Gasteiger partial charge < -0.3 is 15.8 Å². The summed E-state index contributed by atoms with van der Waals surface area (Å²) >= 11 is 6.25. The normalized spacial score (nSPS) is 18.1. The largest absolute Gasteiger partial charge is 0.495 e. The number of nitrogens with two attached hydrogens (primary N) is 1. The van der Waals surface area contributed by atoms with Crippen LogP contribution in [0.25, 0.3) is 0 Å². The van der Waals surface area contributed by atoms with Crippen LogP contribution in [0.15, 0.2) is 12.1 Å². The van der Waals surface area contributed by atoms with Crippen molar-refractivity contribution in [2.24, 2.45) is 5.73 Å². The van der Waals surface area contributed by atoms with Crippen molar-refractivity contribution in [2.45, 2.75) is 18.8 Å². The lowest BCUT2D eigenvalue weighted by atomic mass is 9.96. The Morgan fingerprint density at radius 1 is 1.56 bits per heavy atom. The third kappa shape index (κ3) is 1.97. The average Bonchev–Trinajstić information content (AvgIpc) is 2.72. The molecule has 4 heteroatoms. The highest BCUT2D eigenvalue weighted by molar-refractivity contribution is 6.32. The summed E-state index contributed by atoms with van der Waals surface area (Å²) in [6.07, 6.45) is 2.10. The van der Waals surface area contributed by atoms with Crippen molar-refractivity contribution in [2.75, 3.05) is 25.5 Å². The van der Waals surface area contributed by atoms with E-state index in [1.807, 2.05) is 12.1 Å². The number of halogens is 1. The first kappa shape index (κ1) is 11.6. The second kappa shape index (κ2) is 4.93. The van der Waals surface area contributed by atoms with Gasteiger partial charge in [-0.3, -0.25) is 0 Å². The molecule has 0 bridgehead atoms. The van der Waals surface area contributed by atoms with Gasteiger partial charge in [-0.1, -0.05) is 11.6 Å². The van der Waals surface area contributed by atoms with E-state index in [2.05, 4.69) is 5.32 Å². The van der Waals surface area contributed by atoms with Gasteiger partial charge in [-0.15, -0.1) is 0 Å². The van der Waals surface area contributed by atoms with E-state index in [1.54, 1.807) is 7.11 Å². The van der Waals surface area contributed by atoms with E-state index in [0.29, 0.717) is 5.92 Å². The van der Waals surface area contributed by atoms with Crippen LogP contribution in [0, 0.1) is 0 Å². The molecule has 0 saturated heterocycles. The van der Waals surface area contributed by atoms with Crippen molar-refractivity contribution in [1.82, 2.24) is 0 Å². The molecule has 0 aromatic heterocycles. The smallest absolute Gasteiger partial charge is 0.142 e. The molecule has 88 valence electrons. The minimum Gasteiger partial charge on any atom is -0.495 e. The first-order valence-electron chi connectivity index (χ1n) is 5.58. The number of hydrogen-bond donors (Lipinski definition) is 2. The van der Waals surface area contributed by atoms with E-state index in [1.165, 1.54) is 5.56 Å². The topological polar surface area (TPSA) is 47.3 Å². The number of fused-ring (bicyclic) bond motifs is 1. The molecule has 0 spiro atoms. The molecule has 0 amide bonds. The predicted molar refractivity (Wildman–Crippen MR) is 67.5 cm³/mol. The monoisotopic (exact) mass is 240 g/mol. The highest BCUT2D eigenvalue weighted by atomic mass is 35.5. The lowest BCUT2D eigenvalue weighted by Crippen LogP contribution is -2.06. The molecule has 1 aliphatic rings. The molecule has 16 heavy (non-hydrogen) atoms. The summed E-state index contributed by atoms with van der Waals surface area (Å²) in [5.41, 5.74) is 7.78. The van der Waals surface area contributed by atoms with Gasteiger partial charge in [0, 0.05) is 23.0 Å². The van der Waals surface area contributed by atoms with E-state index in [0.717, 1.165) is 42.4 Å². The van der Waals surface area contributed by atoms with Crippen LogP contribution in [0.3, 0.4) is 0 Å². The third-order valence-electron chi connectivity index (χ3n) is 3.06. The maximum absolute atomic E-state index is 6.25. The molecular formula is C12H17ClN2O. The van der Waals surface area contributed by atoms with E-state index >= 15 is 0 Å². The molecule has 1 aromatic rings. The van der Waals surface area contributed by atoms with Gasteiger partial charge in [0.15, 0.2) is 0 Å². The molecule has 1 aliphatic heterocycles. The summed E-state index contributed by atoms with van der Waals surface area (Å²) in [5, 5.41) is 4.19. The summed E-state index contributed by atoms with van der Waals surface area (Å²) in [6, 6.07) is 3.81. The number of nitrogens with one attached hydrogen (secondary N) is 1. The Morgan fingerprint density at radius 3 is 3.06 bits per heavy atom. The van der Waals surface area contributed by atoms with Crippen LogP contribution in [0.4, 0.5) is 5.69 Å². The zero-order chi connectivity index (χ0) is 11.5. The Morgan fingerprint density at radius 2 is 2.38 bits per heavy atom. The van der Waals surface area contributed by atoms with Gasteiger partial charge in [0.1, 0.15) is 5.75 Å². The minimum absolute atomic E-state index is 0.459. The maximum atomic E-state index is 6.25. The molecular weight excluding hydrogens is 224 g/mol. The summed E-state index contributed by atoms with van der Waals surface area (Å²) in [4.78, 5) is 0. The Hall–Kier alpha value is -0.930. The Bertz CT molecular complexity index is 382. The fourth-order valence-electron chi connectivity index (χ4n) is 2.26. The summed E-state index contributed by atoms with van der Waals surface area (Å²) < 4.78 is 5.32. The maximum Gasteiger partial charge on any atom is 0.142 e. The number of anilines is 1. The number of ether oxygens (including phenoxy) is 1. The first-order valence-corrected chi connectivity index (χ1v) is 5.96. The molecule has 0 saturated carbocycles. The summed E-state index contributed by atoms with van der Waals surface area (Å²) in [6.45, 7) is 1.66. The van der Waals surface area contributed by atoms with Gasteiger partial charge in [0.25, 0.3) is 0 Å². The van der Waals surface area contributed by atoms with Crippen LogP contribution in [0.2, 0.25) is 5.02 Å². The van der Waals surface area contributed by atoms with Crippen molar-refractivity contribution in [3.05, 3.63) is 22.7 Å². The molecule has 1 aromatic carbocycles. The van der Waals surface area contributed by atoms with E-state index in [4.69, 9.17) is 22.1 Å². The molecule has 2 rings (SSSR count). The van der Waals surface area contributed by atoms with Crippen LogP contribution >= 0.6 is 11.6 Å². The van der Waals surface area contributed by atoms with E-state index < -0.39 is 0 Å². The van der Waals surface area contributed by atoms with E-state index in [9.17, 15) is 0 Å². The number of methoxy groups -OCH3 is 1. The predicted octanol–water partition coefficient (Wildman–Crippen LogP) is 2.60. The lowest BCUT2D eigenvalue weighted by molar-refractivity contribution is 0.416. The second-order valence-electron chi connectivity index (χ2n) is 4.05. The number of benzene rings is 1. The number of hydrogen-bond acceptors (Lipinski definition) is 3. The molecule has 1 heterocycles. The number of rotatable bonds is 4. The molecule has 3 N–H and O–H groups in total. The highest BCUT2D eigenvalue weighted by Crippen LogP contribution is 2.44. The lowest BCUT2D eigenvalue weighted by Gasteiger charge is -2.12.